The topological polar surface area (TPSA) is 21.7 Å². The summed E-state index contributed by atoms with van der Waals surface area (Å²) >= 11 is 0. The van der Waals surface area contributed by atoms with Gasteiger partial charge in [-0.15, -0.1) is 0 Å². The zero-order chi connectivity index (χ0) is 16.1. The van der Waals surface area contributed by atoms with E-state index in [1.807, 2.05) is 36.4 Å². The van der Waals surface area contributed by atoms with Crippen molar-refractivity contribution in [1.29, 1.82) is 0 Å². The van der Waals surface area contributed by atoms with E-state index < -0.39 is 0 Å². The van der Waals surface area contributed by atoms with Gasteiger partial charge in [-0.05, 0) is 36.4 Å². The van der Waals surface area contributed by atoms with Crippen LogP contribution >= 0.6 is 0 Å². The lowest BCUT2D eigenvalue weighted by atomic mass is 10.2. The summed E-state index contributed by atoms with van der Waals surface area (Å²) in [7, 11) is 0. The molecular weight excluding hydrogens is 293 g/mol. The van der Waals surface area contributed by atoms with Crippen molar-refractivity contribution in [1.82, 2.24) is 4.90 Å². The van der Waals surface area contributed by atoms with Gasteiger partial charge >= 0.3 is 0 Å². The van der Waals surface area contributed by atoms with Crippen LogP contribution in [-0.4, -0.2) is 30.3 Å². The molecule has 0 radical (unpaired) electrons. The molecule has 1 aliphatic rings. The van der Waals surface area contributed by atoms with Gasteiger partial charge in [-0.1, -0.05) is 37.3 Å². The zero-order valence-corrected chi connectivity index (χ0v) is 13.3. The summed E-state index contributed by atoms with van der Waals surface area (Å²) in [6.07, 6.45) is 0.949. The SMILES string of the molecule is CCN1CC(OCc2cccc(F)c2)CC1Oc1ccccc1. The molecule has 1 heterocycles. The monoisotopic (exact) mass is 315 g/mol. The lowest BCUT2D eigenvalue weighted by molar-refractivity contribution is 0.0446. The smallest absolute Gasteiger partial charge is 0.155 e. The van der Waals surface area contributed by atoms with Crippen LogP contribution in [0.15, 0.2) is 54.6 Å². The predicted octanol–water partition coefficient (Wildman–Crippen LogP) is 3.84. The quantitative estimate of drug-likeness (QED) is 0.808. The second kappa shape index (κ2) is 7.57. The number of nitrogens with zero attached hydrogens (tertiary/aromatic N) is 1. The van der Waals surface area contributed by atoms with Crippen LogP contribution in [0, 0.1) is 5.82 Å². The van der Waals surface area contributed by atoms with E-state index in [1.165, 1.54) is 12.1 Å². The van der Waals surface area contributed by atoms with Gasteiger partial charge in [-0.3, -0.25) is 4.90 Å². The van der Waals surface area contributed by atoms with Gasteiger partial charge < -0.3 is 9.47 Å². The minimum atomic E-state index is -0.224. The van der Waals surface area contributed by atoms with Crippen LogP contribution in [0.5, 0.6) is 5.75 Å². The van der Waals surface area contributed by atoms with Crippen molar-refractivity contribution < 1.29 is 13.9 Å². The molecule has 0 bridgehead atoms. The molecule has 2 aromatic carbocycles. The number of hydrogen-bond acceptors (Lipinski definition) is 3. The van der Waals surface area contributed by atoms with E-state index in [1.54, 1.807) is 6.07 Å². The minimum Gasteiger partial charge on any atom is -0.475 e. The Morgan fingerprint density at radius 2 is 1.96 bits per heavy atom. The molecule has 2 unspecified atom stereocenters. The van der Waals surface area contributed by atoms with Gasteiger partial charge in [-0.25, -0.2) is 4.39 Å². The van der Waals surface area contributed by atoms with Crippen LogP contribution in [0.3, 0.4) is 0 Å². The Hall–Kier alpha value is -1.91. The number of likely N-dealkylation sites (N-methyl/N-ethyl adjacent to an activating group) is 1. The molecule has 0 aliphatic carbocycles. The van der Waals surface area contributed by atoms with Crippen molar-refractivity contribution in [3.05, 3.63) is 66.0 Å². The molecule has 1 aliphatic heterocycles. The molecule has 0 saturated carbocycles. The van der Waals surface area contributed by atoms with Gasteiger partial charge in [0.15, 0.2) is 6.23 Å². The van der Waals surface area contributed by atoms with E-state index in [0.717, 1.165) is 30.8 Å². The maximum Gasteiger partial charge on any atom is 0.155 e. The highest BCUT2D eigenvalue weighted by Gasteiger charge is 2.33. The van der Waals surface area contributed by atoms with Crippen molar-refractivity contribution in [2.75, 3.05) is 13.1 Å². The lowest BCUT2D eigenvalue weighted by Crippen LogP contribution is -2.33. The summed E-state index contributed by atoms with van der Waals surface area (Å²) in [6, 6.07) is 16.4. The predicted molar refractivity (Wildman–Crippen MR) is 87.7 cm³/mol. The fourth-order valence-corrected chi connectivity index (χ4v) is 2.90. The third-order valence-electron chi connectivity index (χ3n) is 4.11. The van der Waals surface area contributed by atoms with E-state index in [0.29, 0.717) is 6.61 Å². The van der Waals surface area contributed by atoms with Crippen LogP contribution < -0.4 is 4.74 Å². The molecule has 1 fully saturated rings. The van der Waals surface area contributed by atoms with Crippen LogP contribution in [-0.2, 0) is 11.3 Å². The van der Waals surface area contributed by atoms with Gasteiger partial charge in [-0.2, -0.15) is 0 Å². The number of hydrogen-bond donors (Lipinski definition) is 0. The largest absolute Gasteiger partial charge is 0.475 e. The summed E-state index contributed by atoms with van der Waals surface area (Å²) in [4.78, 5) is 2.27. The first-order valence-corrected chi connectivity index (χ1v) is 8.06. The lowest BCUT2D eigenvalue weighted by Gasteiger charge is -2.23. The Morgan fingerprint density at radius 1 is 1.13 bits per heavy atom. The van der Waals surface area contributed by atoms with Crippen molar-refractivity contribution in [2.45, 2.75) is 32.3 Å². The highest BCUT2D eigenvalue weighted by atomic mass is 19.1. The van der Waals surface area contributed by atoms with Crippen molar-refractivity contribution in [2.24, 2.45) is 0 Å². The van der Waals surface area contributed by atoms with Crippen LogP contribution in [0.2, 0.25) is 0 Å². The third kappa shape index (κ3) is 4.30. The number of ether oxygens (including phenoxy) is 2. The van der Waals surface area contributed by atoms with E-state index in [4.69, 9.17) is 9.47 Å². The van der Waals surface area contributed by atoms with E-state index in [9.17, 15) is 4.39 Å². The minimum absolute atomic E-state index is 0.0277. The average Bonchev–Trinajstić information content (AvgIpc) is 2.96. The first-order chi connectivity index (χ1) is 11.2. The van der Waals surface area contributed by atoms with Crippen LogP contribution in [0.4, 0.5) is 4.39 Å². The molecule has 0 spiro atoms. The van der Waals surface area contributed by atoms with Gasteiger partial charge in [0.25, 0.3) is 0 Å². The number of benzene rings is 2. The number of rotatable bonds is 6. The first-order valence-electron chi connectivity index (χ1n) is 8.06. The standard InChI is InChI=1S/C19H22FNO2/c1-2-21-13-18(22-14-15-7-6-8-16(20)11-15)12-19(21)23-17-9-4-3-5-10-17/h3-11,18-19H,2,12-14H2,1H3. The third-order valence-corrected chi connectivity index (χ3v) is 4.11. The molecule has 122 valence electrons. The maximum atomic E-state index is 13.2. The summed E-state index contributed by atoms with van der Waals surface area (Å²) < 4.78 is 25.2. The molecule has 3 rings (SSSR count). The number of halogens is 1. The Kier molecular flexibility index (Phi) is 5.26. The molecule has 0 N–H and O–H groups in total. The highest BCUT2D eigenvalue weighted by molar-refractivity contribution is 5.21. The van der Waals surface area contributed by atoms with Gasteiger partial charge in [0.05, 0.1) is 12.7 Å². The van der Waals surface area contributed by atoms with E-state index in [2.05, 4.69) is 11.8 Å². The van der Waals surface area contributed by atoms with Gasteiger partial charge in [0, 0.05) is 13.0 Å². The number of likely N-dealkylation sites (tertiary alicyclic amines) is 1. The Bertz CT molecular complexity index is 620. The Morgan fingerprint density at radius 3 is 2.70 bits per heavy atom. The fourth-order valence-electron chi connectivity index (χ4n) is 2.90. The van der Waals surface area contributed by atoms with Crippen molar-refractivity contribution >= 4 is 0 Å². The molecule has 2 atom stereocenters. The summed E-state index contributed by atoms with van der Waals surface area (Å²) in [5.74, 6) is 0.653. The van der Waals surface area contributed by atoms with Crippen molar-refractivity contribution in [3.63, 3.8) is 0 Å². The average molecular weight is 315 g/mol. The summed E-state index contributed by atoms with van der Waals surface area (Å²) in [5, 5.41) is 0. The molecule has 23 heavy (non-hydrogen) atoms. The number of para-hydroxylation sites is 1. The van der Waals surface area contributed by atoms with E-state index >= 15 is 0 Å². The van der Waals surface area contributed by atoms with Gasteiger partial charge in [0.2, 0.25) is 0 Å². The van der Waals surface area contributed by atoms with Crippen molar-refractivity contribution in [3.8, 4) is 5.75 Å². The zero-order valence-electron chi connectivity index (χ0n) is 13.3. The fraction of sp³-hybridized carbons (Fsp3) is 0.368. The molecule has 3 nitrogen and oxygen atoms in total. The maximum absolute atomic E-state index is 13.2. The Balaban J connectivity index is 1.56. The molecule has 2 aromatic rings. The second-order valence-corrected chi connectivity index (χ2v) is 5.77. The molecule has 0 amide bonds. The summed E-state index contributed by atoms with van der Waals surface area (Å²) in [6.45, 7) is 4.30. The van der Waals surface area contributed by atoms with Gasteiger partial charge in [0.1, 0.15) is 11.6 Å². The molecule has 1 saturated heterocycles. The van der Waals surface area contributed by atoms with Crippen LogP contribution in [0.1, 0.15) is 18.9 Å². The highest BCUT2D eigenvalue weighted by Crippen LogP contribution is 2.24. The normalized spacial score (nSPS) is 21.5. The first kappa shape index (κ1) is 16.0. The molecule has 4 heteroatoms. The molecular formula is C19H22FNO2. The molecule has 0 aromatic heterocycles. The van der Waals surface area contributed by atoms with Crippen LogP contribution in [0.25, 0.3) is 0 Å². The summed E-state index contributed by atoms with van der Waals surface area (Å²) in [5.41, 5.74) is 0.862. The second-order valence-electron chi connectivity index (χ2n) is 5.77. The van der Waals surface area contributed by atoms with E-state index in [-0.39, 0.29) is 18.1 Å². The Labute approximate surface area is 136 Å².